The first kappa shape index (κ1) is 19.7. The summed E-state index contributed by atoms with van der Waals surface area (Å²) >= 11 is 0. The number of hydrogen-bond donors (Lipinski definition) is 1. The molecule has 156 valence electrons. The van der Waals surface area contributed by atoms with E-state index in [-0.39, 0.29) is 17.7 Å². The maximum Gasteiger partial charge on any atom is 0.354 e. The Balaban J connectivity index is 1.43. The molecule has 1 fully saturated rings. The zero-order valence-corrected chi connectivity index (χ0v) is 15.8. The fourth-order valence-electron chi connectivity index (χ4n) is 3.51. The fourth-order valence-corrected chi connectivity index (χ4v) is 3.51. The summed E-state index contributed by atoms with van der Waals surface area (Å²) in [5.74, 6) is -2.27. The van der Waals surface area contributed by atoms with Crippen molar-refractivity contribution >= 4 is 24.2 Å². The highest BCUT2D eigenvalue weighted by molar-refractivity contribution is 5.85. The molecule has 2 aromatic rings. The minimum atomic E-state index is -1.14. The molecule has 2 aliphatic heterocycles. The van der Waals surface area contributed by atoms with Gasteiger partial charge >= 0.3 is 12.0 Å². The van der Waals surface area contributed by atoms with Gasteiger partial charge in [0.2, 0.25) is 5.95 Å². The number of aromatic carboxylic acids is 1. The Kier molecular flexibility index (Phi) is 5.25. The first-order valence-corrected chi connectivity index (χ1v) is 9.30. The highest BCUT2D eigenvalue weighted by Crippen LogP contribution is 2.30. The van der Waals surface area contributed by atoms with Gasteiger partial charge in [0.1, 0.15) is 11.6 Å². The summed E-state index contributed by atoms with van der Waals surface area (Å²) in [6.07, 6.45) is 3.29. The van der Waals surface area contributed by atoms with Crippen LogP contribution >= 0.6 is 0 Å². The number of anilines is 1. The Morgan fingerprint density at radius 2 is 1.77 bits per heavy atom. The van der Waals surface area contributed by atoms with Crippen molar-refractivity contribution in [2.75, 3.05) is 31.1 Å². The lowest BCUT2D eigenvalue weighted by molar-refractivity contribution is 0.0690. The lowest BCUT2D eigenvalue weighted by atomic mass is 10.0. The summed E-state index contributed by atoms with van der Waals surface area (Å²) in [5.41, 5.74) is 0.242. The molecule has 1 unspecified atom stereocenters. The van der Waals surface area contributed by atoms with Crippen LogP contribution in [0, 0.1) is 11.6 Å². The van der Waals surface area contributed by atoms with Crippen molar-refractivity contribution in [3.05, 3.63) is 53.4 Å². The molecule has 0 saturated carbocycles. The van der Waals surface area contributed by atoms with E-state index in [1.165, 1.54) is 29.4 Å². The summed E-state index contributed by atoms with van der Waals surface area (Å²) in [4.78, 5) is 35.6. The van der Waals surface area contributed by atoms with Crippen molar-refractivity contribution in [1.82, 2.24) is 19.9 Å². The van der Waals surface area contributed by atoms with Crippen molar-refractivity contribution in [3.8, 4) is 0 Å². The maximum atomic E-state index is 13.6. The van der Waals surface area contributed by atoms with Gasteiger partial charge in [0.25, 0.3) is 0 Å². The van der Waals surface area contributed by atoms with E-state index in [9.17, 15) is 18.4 Å². The molecule has 11 heteroatoms. The number of amides is 2. The second kappa shape index (κ2) is 8.01. The molecule has 30 heavy (non-hydrogen) atoms. The second-order valence-electron chi connectivity index (χ2n) is 6.90. The van der Waals surface area contributed by atoms with Crippen LogP contribution in [0.2, 0.25) is 0 Å². The molecule has 1 aromatic heterocycles. The summed E-state index contributed by atoms with van der Waals surface area (Å²) in [6, 6.07) is 3.56. The third-order valence-electron chi connectivity index (χ3n) is 4.99. The summed E-state index contributed by atoms with van der Waals surface area (Å²) in [5, 5.41) is 14.4. The average molecular weight is 416 g/mol. The number of aromatic nitrogens is 2. The number of nitrogens with zero attached hydrogens (tertiary/aromatic N) is 6. The van der Waals surface area contributed by atoms with Gasteiger partial charge in [0.05, 0.1) is 6.04 Å². The van der Waals surface area contributed by atoms with Crippen LogP contribution in [0.4, 0.5) is 19.5 Å². The number of carboxylic acids is 1. The smallest absolute Gasteiger partial charge is 0.354 e. The molecule has 2 amide bonds. The van der Waals surface area contributed by atoms with Gasteiger partial charge in [0.15, 0.2) is 5.69 Å². The molecular formula is C19H18F2N6O3. The van der Waals surface area contributed by atoms with E-state index < -0.39 is 23.6 Å². The molecule has 1 N–H and O–H groups in total. The molecule has 0 aliphatic carbocycles. The molecule has 2 aliphatic rings. The number of benzene rings is 1. The van der Waals surface area contributed by atoms with E-state index in [2.05, 4.69) is 15.1 Å². The number of piperazine rings is 1. The van der Waals surface area contributed by atoms with E-state index in [0.717, 1.165) is 6.07 Å². The molecule has 3 heterocycles. The van der Waals surface area contributed by atoms with E-state index >= 15 is 0 Å². The molecule has 1 aromatic carbocycles. The number of urea groups is 1. The number of hydrazone groups is 1. The van der Waals surface area contributed by atoms with Crippen molar-refractivity contribution < 1.29 is 23.5 Å². The molecule has 0 bridgehead atoms. The Morgan fingerprint density at radius 3 is 2.43 bits per heavy atom. The highest BCUT2D eigenvalue weighted by atomic mass is 19.1. The van der Waals surface area contributed by atoms with Gasteiger partial charge in [-0.2, -0.15) is 5.10 Å². The number of hydrogen-bond acceptors (Lipinski definition) is 6. The highest BCUT2D eigenvalue weighted by Gasteiger charge is 2.33. The van der Waals surface area contributed by atoms with Crippen molar-refractivity contribution in [1.29, 1.82) is 0 Å². The predicted molar refractivity (Wildman–Crippen MR) is 102 cm³/mol. The third-order valence-corrected chi connectivity index (χ3v) is 4.99. The summed E-state index contributed by atoms with van der Waals surface area (Å²) in [7, 11) is 0. The van der Waals surface area contributed by atoms with E-state index in [0.29, 0.717) is 38.2 Å². The average Bonchev–Trinajstić information content (AvgIpc) is 3.23. The van der Waals surface area contributed by atoms with Crippen molar-refractivity contribution in [2.24, 2.45) is 5.10 Å². The zero-order chi connectivity index (χ0) is 21.3. The fraction of sp³-hybridized carbons (Fsp3) is 0.316. The van der Waals surface area contributed by atoms with Crippen LogP contribution < -0.4 is 4.90 Å². The molecule has 0 spiro atoms. The Bertz CT molecular complexity index is 989. The Morgan fingerprint density at radius 1 is 1.07 bits per heavy atom. The van der Waals surface area contributed by atoms with E-state index in [1.807, 2.05) is 0 Å². The first-order valence-electron chi connectivity index (χ1n) is 9.30. The summed E-state index contributed by atoms with van der Waals surface area (Å²) in [6.45, 7) is 1.50. The summed E-state index contributed by atoms with van der Waals surface area (Å²) < 4.78 is 27.2. The number of carboxylic acid groups (broad SMARTS) is 1. The van der Waals surface area contributed by atoms with Crippen LogP contribution in [0.1, 0.15) is 28.5 Å². The van der Waals surface area contributed by atoms with Gasteiger partial charge < -0.3 is 14.9 Å². The quantitative estimate of drug-likeness (QED) is 0.823. The van der Waals surface area contributed by atoms with Crippen molar-refractivity contribution in [3.63, 3.8) is 0 Å². The van der Waals surface area contributed by atoms with Gasteiger partial charge in [-0.15, -0.1) is 0 Å². The van der Waals surface area contributed by atoms with Crippen LogP contribution in [0.5, 0.6) is 0 Å². The van der Waals surface area contributed by atoms with E-state index in [1.54, 1.807) is 16.0 Å². The second-order valence-corrected chi connectivity index (χ2v) is 6.90. The molecule has 1 saturated heterocycles. The molecule has 1 atom stereocenters. The molecule has 9 nitrogen and oxygen atoms in total. The minimum absolute atomic E-state index is 0.102. The normalized spacial score (nSPS) is 18.7. The van der Waals surface area contributed by atoms with Crippen LogP contribution in [0.15, 0.2) is 35.6 Å². The van der Waals surface area contributed by atoms with E-state index in [4.69, 9.17) is 5.11 Å². The van der Waals surface area contributed by atoms with Crippen LogP contribution in [-0.4, -0.2) is 69.4 Å². The molecular weight excluding hydrogens is 398 g/mol. The Labute approximate surface area is 170 Å². The van der Waals surface area contributed by atoms with Gasteiger partial charge in [-0.1, -0.05) is 0 Å². The zero-order valence-electron chi connectivity index (χ0n) is 15.8. The number of halogens is 2. The predicted octanol–water partition coefficient (Wildman–Crippen LogP) is 2.13. The SMILES string of the molecule is O=C(O)c1ccnc(N2CCN(C(=O)N3N=CCC3c3cc(F)cc(F)c3)CC2)n1. The monoisotopic (exact) mass is 416 g/mol. The third kappa shape index (κ3) is 3.91. The Hall–Kier alpha value is -3.63. The molecule has 0 radical (unpaired) electrons. The van der Waals surface area contributed by atoms with Gasteiger partial charge in [-0.05, 0) is 23.8 Å². The topological polar surface area (TPSA) is 102 Å². The van der Waals surface area contributed by atoms with Crippen LogP contribution in [-0.2, 0) is 0 Å². The standard InChI is InChI=1S/C19H18F2N6O3/c20-13-9-12(10-14(21)11-13)16-2-4-23-27(16)19(30)26-7-5-25(6-8-26)18-22-3-1-15(24-18)17(28)29/h1,3-4,9-11,16H,2,5-8H2,(H,28,29). The van der Waals surface area contributed by atoms with Crippen LogP contribution in [0.3, 0.4) is 0 Å². The van der Waals surface area contributed by atoms with Gasteiger partial charge in [-0.3, -0.25) is 0 Å². The van der Waals surface area contributed by atoms with Crippen molar-refractivity contribution in [2.45, 2.75) is 12.5 Å². The molecule has 4 rings (SSSR count). The number of carbonyl (C=O) groups is 2. The van der Waals surface area contributed by atoms with Gasteiger partial charge in [-0.25, -0.2) is 33.3 Å². The lowest BCUT2D eigenvalue weighted by Gasteiger charge is -2.37. The lowest BCUT2D eigenvalue weighted by Crippen LogP contribution is -2.52. The van der Waals surface area contributed by atoms with Crippen LogP contribution in [0.25, 0.3) is 0 Å². The van der Waals surface area contributed by atoms with Gasteiger partial charge in [0, 0.05) is 51.1 Å². The first-order chi connectivity index (χ1) is 14.4. The maximum absolute atomic E-state index is 13.6. The largest absolute Gasteiger partial charge is 0.477 e. The minimum Gasteiger partial charge on any atom is -0.477 e. The number of carbonyl (C=O) groups excluding carboxylic acids is 1. The number of rotatable bonds is 3.